The second-order valence-electron chi connectivity index (χ2n) is 8.80. The number of carboxylic acids is 1. The number of carbonyl (C=O) groups excluding carboxylic acids is 1. The number of aromatic carboxylic acids is 1. The number of aromatic nitrogens is 5. The van der Waals surface area contributed by atoms with Gasteiger partial charge >= 0.3 is 5.97 Å². The van der Waals surface area contributed by atoms with Gasteiger partial charge in [0.15, 0.2) is 5.65 Å². The summed E-state index contributed by atoms with van der Waals surface area (Å²) in [6.07, 6.45) is 6.21. The molecule has 0 atom stereocenters. The monoisotopic (exact) mass is 491 g/mol. The molecule has 0 aliphatic carbocycles. The number of fused-ring (bicyclic) bond motifs is 1. The molecule has 0 radical (unpaired) electrons. The fraction of sp³-hybridized carbons (Fsp3) is 0.320. The van der Waals surface area contributed by atoms with Crippen LogP contribution in [-0.4, -0.2) is 71.5 Å². The zero-order valence-corrected chi connectivity index (χ0v) is 20.1. The van der Waals surface area contributed by atoms with Crippen LogP contribution in [0, 0.1) is 5.82 Å². The molecule has 0 spiro atoms. The first-order chi connectivity index (χ1) is 17.4. The summed E-state index contributed by atoms with van der Waals surface area (Å²) in [6, 6.07) is 7.90. The van der Waals surface area contributed by atoms with Crippen LogP contribution in [0.4, 0.5) is 4.39 Å². The number of carbonyl (C=O) groups is 2. The molecule has 1 saturated heterocycles. The van der Waals surface area contributed by atoms with Gasteiger partial charge in [-0.15, -0.1) is 0 Å². The van der Waals surface area contributed by atoms with Gasteiger partial charge in [0.1, 0.15) is 11.5 Å². The molecule has 1 amide bonds. The Labute approximate surface area is 206 Å². The highest BCUT2D eigenvalue weighted by molar-refractivity contribution is 5.92. The molecular formula is C25H26FN7O3. The van der Waals surface area contributed by atoms with Crippen molar-refractivity contribution in [1.29, 1.82) is 0 Å². The lowest BCUT2D eigenvalue weighted by Gasteiger charge is -2.29. The van der Waals surface area contributed by atoms with Crippen LogP contribution in [0.5, 0.6) is 0 Å². The van der Waals surface area contributed by atoms with Crippen molar-refractivity contribution in [2.24, 2.45) is 0 Å². The fourth-order valence-electron chi connectivity index (χ4n) is 4.42. The highest BCUT2D eigenvalue weighted by Gasteiger charge is 2.24. The van der Waals surface area contributed by atoms with E-state index in [0.717, 1.165) is 31.5 Å². The van der Waals surface area contributed by atoms with Gasteiger partial charge in [-0.25, -0.2) is 28.4 Å². The summed E-state index contributed by atoms with van der Waals surface area (Å²) in [4.78, 5) is 29.0. The third-order valence-electron chi connectivity index (χ3n) is 6.40. The zero-order chi connectivity index (χ0) is 25.4. The molecule has 1 fully saturated rings. The molecule has 1 N–H and O–H groups in total. The number of nitrogens with zero attached hydrogens (tertiary/aromatic N) is 7. The summed E-state index contributed by atoms with van der Waals surface area (Å²) in [5.74, 6) is -1.80. The van der Waals surface area contributed by atoms with Gasteiger partial charge in [-0.1, -0.05) is 13.3 Å². The Balaban J connectivity index is 1.49. The van der Waals surface area contributed by atoms with E-state index in [1.807, 2.05) is 19.0 Å². The van der Waals surface area contributed by atoms with Gasteiger partial charge in [-0.05, 0) is 37.5 Å². The summed E-state index contributed by atoms with van der Waals surface area (Å²) >= 11 is 0. The quantitative estimate of drug-likeness (QED) is 0.455. The van der Waals surface area contributed by atoms with E-state index in [1.165, 1.54) is 23.1 Å². The topological polar surface area (TPSA) is 109 Å². The number of rotatable bonds is 5. The van der Waals surface area contributed by atoms with Crippen molar-refractivity contribution in [3.8, 4) is 16.9 Å². The molecule has 1 aromatic carbocycles. The maximum absolute atomic E-state index is 15.1. The lowest BCUT2D eigenvalue weighted by molar-refractivity contribution is 0.0113. The highest BCUT2D eigenvalue weighted by Crippen LogP contribution is 2.26. The van der Waals surface area contributed by atoms with Crippen LogP contribution >= 0.6 is 0 Å². The summed E-state index contributed by atoms with van der Waals surface area (Å²) in [5.41, 5.74) is 2.63. The van der Waals surface area contributed by atoms with Crippen molar-refractivity contribution < 1.29 is 19.1 Å². The second-order valence-corrected chi connectivity index (χ2v) is 8.80. The van der Waals surface area contributed by atoms with Crippen LogP contribution in [0.15, 0.2) is 42.7 Å². The zero-order valence-electron chi connectivity index (χ0n) is 20.1. The van der Waals surface area contributed by atoms with Crippen LogP contribution in [-0.2, 0) is 6.42 Å². The summed E-state index contributed by atoms with van der Waals surface area (Å²) in [5, 5.41) is 21.3. The average molecular weight is 492 g/mol. The van der Waals surface area contributed by atoms with Crippen LogP contribution in [0.2, 0.25) is 0 Å². The van der Waals surface area contributed by atoms with Gasteiger partial charge in [0, 0.05) is 49.7 Å². The predicted octanol–water partition coefficient (Wildman–Crippen LogP) is 3.45. The first kappa shape index (κ1) is 23.6. The summed E-state index contributed by atoms with van der Waals surface area (Å²) < 4.78 is 18.1. The van der Waals surface area contributed by atoms with Crippen molar-refractivity contribution >= 4 is 17.5 Å². The average Bonchev–Trinajstić information content (AvgIpc) is 3.47. The van der Waals surface area contributed by atoms with E-state index in [2.05, 4.69) is 15.2 Å². The van der Waals surface area contributed by atoms with Crippen LogP contribution in [0.1, 0.15) is 52.7 Å². The molecule has 1 aliphatic rings. The Bertz CT molecular complexity index is 1460. The van der Waals surface area contributed by atoms with Crippen molar-refractivity contribution in [2.45, 2.75) is 32.6 Å². The third kappa shape index (κ3) is 4.33. The minimum absolute atomic E-state index is 0.00901. The number of hydrogen-bond acceptors (Lipinski definition) is 6. The van der Waals surface area contributed by atoms with E-state index in [1.54, 1.807) is 33.8 Å². The first-order valence-corrected chi connectivity index (χ1v) is 11.9. The number of amides is 1. The standard InChI is InChI=1S/C25H26FN7O3/c1-3-17-12-22(24(34)32-10-6-4-5-9-30(32)2)28-23-13-21(29-33(17)23)19-8-7-18(11-20(19)26)31-15-16(14-27-31)25(35)36/h7-8,11-15H,3-6,9-10H2,1-2H3,(H,35,36). The minimum Gasteiger partial charge on any atom is -0.478 e. The maximum Gasteiger partial charge on any atom is 0.338 e. The number of halogens is 1. The fourth-order valence-corrected chi connectivity index (χ4v) is 4.42. The largest absolute Gasteiger partial charge is 0.478 e. The number of hydrogen-bond donors (Lipinski definition) is 1. The highest BCUT2D eigenvalue weighted by atomic mass is 19.1. The molecule has 10 nitrogen and oxygen atoms in total. The number of hydrazine groups is 1. The van der Waals surface area contributed by atoms with E-state index >= 15 is 4.39 Å². The van der Waals surface area contributed by atoms with Crippen molar-refractivity contribution in [3.63, 3.8) is 0 Å². The smallest absolute Gasteiger partial charge is 0.338 e. The number of benzene rings is 1. The Hall–Kier alpha value is -4.12. The minimum atomic E-state index is -1.11. The molecule has 1 aliphatic heterocycles. The van der Waals surface area contributed by atoms with Crippen LogP contribution in [0.3, 0.4) is 0 Å². The Morgan fingerprint density at radius 3 is 2.64 bits per heavy atom. The van der Waals surface area contributed by atoms with E-state index in [-0.39, 0.29) is 17.0 Å². The third-order valence-corrected chi connectivity index (χ3v) is 6.40. The van der Waals surface area contributed by atoms with Gasteiger partial charge in [-0.2, -0.15) is 10.2 Å². The Morgan fingerprint density at radius 1 is 1.11 bits per heavy atom. The van der Waals surface area contributed by atoms with Crippen molar-refractivity contribution in [2.75, 3.05) is 20.1 Å². The van der Waals surface area contributed by atoms with Gasteiger partial charge in [0.25, 0.3) is 5.91 Å². The van der Waals surface area contributed by atoms with Gasteiger partial charge < -0.3 is 5.11 Å². The normalized spacial score (nSPS) is 14.8. The number of carboxylic acid groups (broad SMARTS) is 1. The number of aryl methyl sites for hydroxylation is 1. The van der Waals surface area contributed by atoms with E-state index in [9.17, 15) is 9.59 Å². The molecule has 186 valence electrons. The molecule has 3 aromatic heterocycles. The second kappa shape index (κ2) is 9.50. The summed E-state index contributed by atoms with van der Waals surface area (Å²) in [6.45, 7) is 3.43. The SMILES string of the molecule is CCc1cc(C(=O)N2CCCCCN2C)nc2cc(-c3ccc(-n4cc(C(=O)O)cn4)cc3F)nn12. The molecule has 5 rings (SSSR count). The molecule has 0 bridgehead atoms. The molecule has 11 heteroatoms. The van der Waals surface area contributed by atoms with Crippen LogP contribution in [0.25, 0.3) is 22.6 Å². The van der Waals surface area contributed by atoms with Gasteiger partial charge in [0.05, 0.1) is 23.1 Å². The van der Waals surface area contributed by atoms with Crippen molar-refractivity contribution in [1.82, 2.24) is 34.4 Å². The maximum atomic E-state index is 15.1. The molecule has 0 unspecified atom stereocenters. The lowest BCUT2D eigenvalue weighted by atomic mass is 10.1. The van der Waals surface area contributed by atoms with Gasteiger partial charge in [0.2, 0.25) is 0 Å². The van der Waals surface area contributed by atoms with E-state index in [4.69, 9.17) is 5.11 Å². The predicted molar refractivity (Wildman–Crippen MR) is 129 cm³/mol. The lowest BCUT2D eigenvalue weighted by Crippen LogP contribution is -2.44. The first-order valence-electron chi connectivity index (χ1n) is 11.9. The summed E-state index contributed by atoms with van der Waals surface area (Å²) in [7, 11) is 1.91. The molecule has 4 aromatic rings. The molecular weight excluding hydrogens is 465 g/mol. The van der Waals surface area contributed by atoms with Crippen LogP contribution < -0.4 is 0 Å². The Kier molecular flexibility index (Phi) is 6.23. The van der Waals surface area contributed by atoms with E-state index < -0.39 is 11.8 Å². The molecule has 0 saturated carbocycles. The molecule has 36 heavy (non-hydrogen) atoms. The van der Waals surface area contributed by atoms with E-state index in [0.29, 0.717) is 35.7 Å². The Morgan fingerprint density at radius 2 is 1.92 bits per heavy atom. The van der Waals surface area contributed by atoms with Gasteiger partial charge in [-0.3, -0.25) is 9.80 Å². The van der Waals surface area contributed by atoms with Crippen molar-refractivity contribution in [3.05, 3.63) is 65.5 Å². The molecule has 4 heterocycles.